The number of aryl methyl sites for hydroxylation is 1. The number of rotatable bonds is 3. The van der Waals surface area contributed by atoms with Crippen LogP contribution >= 0.6 is 0 Å². The van der Waals surface area contributed by atoms with E-state index >= 15 is 0 Å². The van der Waals surface area contributed by atoms with Gasteiger partial charge in [0.15, 0.2) is 5.82 Å². The standard InChI is InChI=1S/C22H23F3N4O/c1-13-8-9-15(18(30)11-13)20-16-6-3-7-17(22(23,24)25)19(16)21(28-27-20)26-14-5-4-10-29(2)12-14/h3,6-9,11,14,30H,4-5,10,12H2,1-2H3,(H,26,28)/t14-/m1/s1. The first-order valence-corrected chi connectivity index (χ1v) is 9.85. The van der Waals surface area contributed by atoms with E-state index < -0.39 is 11.7 Å². The third kappa shape index (κ3) is 3.92. The molecule has 0 bridgehead atoms. The largest absolute Gasteiger partial charge is 0.507 e. The highest BCUT2D eigenvalue weighted by Gasteiger charge is 2.35. The molecule has 0 amide bonds. The number of halogens is 3. The molecule has 0 unspecified atom stereocenters. The smallest absolute Gasteiger partial charge is 0.417 e. The summed E-state index contributed by atoms with van der Waals surface area (Å²) < 4.78 is 41.6. The molecule has 1 aromatic heterocycles. The van der Waals surface area contributed by atoms with Crippen molar-refractivity contribution in [1.29, 1.82) is 0 Å². The molecule has 0 aliphatic carbocycles. The topological polar surface area (TPSA) is 61.3 Å². The first kappa shape index (κ1) is 20.4. The van der Waals surface area contributed by atoms with E-state index in [9.17, 15) is 18.3 Å². The summed E-state index contributed by atoms with van der Waals surface area (Å²) in [4.78, 5) is 2.14. The number of aromatic nitrogens is 2. The van der Waals surface area contributed by atoms with Gasteiger partial charge in [0.25, 0.3) is 0 Å². The Labute approximate surface area is 172 Å². The molecule has 30 heavy (non-hydrogen) atoms. The molecular formula is C22H23F3N4O. The summed E-state index contributed by atoms with van der Waals surface area (Å²) in [5.74, 6) is 0.0752. The van der Waals surface area contributed by atoms with Gasteiger partial charge < -0.3 is 15.3 Å². The molecular weight excluding hydrogens is 393 g/mol. The lowest BCUT2D eigenvalue weighted by Gasteiger charge is -2.31. The fourth-order valence-corrected chi connectivity index (χ4v) is 4.06. The Morgan fingerprint density at radius 2 is 1.97 bits per heavy atom. The minimum absolute atomic E-state index is 0.0128. The van der Waals surface area contributed by atoms with Crippen LogP contribution in [0.1, 0.15) is 24.0 Å². The lowest BCUT2D eigenvalue weighted by molar-refractivity contribution is -0.136. The quantitative estimate of drug-likeness (QED) is 0.640. The van der Waals surface area contributed by atoms with Crippen molar-refractivity contribution in [2.45, 2.75) is 32.0 Å². The Kier molecular flexibility index (Phi) is 5.27. The van der Waals surface area contributed by atoms with Crippen LogP contribution in [0.25, 0.3) is 22.0 Å². The fraction of sp³-hybridized carbons (Fsp3) is 0.364. The fourth-order valence-electron chi connectivity index (χ4n) is 4.06. The van der Waals surface area contributed by atoms with Gasteiger partial charge in [-0.05, 0) is 57.1 Å². The minimum atomic E-state index is -4.55. The van der Waals surface area contributed by atoms with Gasteiger partial charge in [-0.25, -0.2) is 0 Å². The summed E-state index contributed by atoms with van der Waals surface area (Å²) >= 11 is 0. The van der Waals surface area contributed by atoms with E-state index in [0.717, 1.165) is 37.6 Å². The second kappa shape index (κ2) is 7.75. The molecule has 0 saturated carbocycles. The number of fused-ring (bicyclic) bond motifs is 1. The lowest BCUT2D eigenvalue weighted by Crippen LogP contribution is -2.40. The second-order valence-electron chi connectivity index (χ2n) is 7.89. The van der Waals surface area contributed by atoms with E-state index in [2.05, 4.69) is 20.4 Å². The number of likely N-dealkylation sites (tertiary alicyclic amines) is 1. The van der Waals surface area contributed by atoms with Crippen molar-refractivity contribution in [2.75, 3.05) is 25.5 Å². The number of alkyl halides is 3. The molecule has 1 saturated heterocycles. The van der Waals surface area contributed by atoms with Gasteiger partial charge in [0.2, 0.25) is 0 Å². The minimum Gasteiger partial charge on any atom is -0.507 e. The first-order chi connectivity index (χ1) is 14.2. The summed E-state index contributed by atoms with van der Waals surface area (Å²) in [6.45, 7) is 3.51. The van der Waals surface area contributed by atoms with E-state index in [1.807, 2.05) is 14.0 Å². The summed E-state index contributed by atoms with van der Waals surface area (Å²) in [6, 6.07) is 8.98. The van der Waals surface area contributed by atoms with Crippen LogP contribution in [0, 0.1) is 6.92 Å². The molecule has 8 heteroatoms. The van der Waals surface area contributed by atoms with Crippen LogP contribution in [0.3, 0.4) is 0 Å². The highest BCUT2D eigenvalue weighted by molar-refractivity contribution is 6.03. The summed E-state index contributed by atoms with van der Waals surface area (Å²) in [6.07, 6.45) is -2.74. The van der Waals surface area contributed by atoms with Gasteiger partial charge in [0, 0.05) is 28.9 Å². The van der Waals surface area contributed by atoms with E-state index in [0.29, 0.717) is 10.9 Å². The number of hydrogen-bond acceptors (Lipinski definition) is 5. The SMILES string of the molecule is Cc1ccc(-c2nnc(N[C@@H]3CCCN(C)C3)c3c(C(F)(F)F)cccc23)c(O)c1. The third-order valence-electron chi connectivity index (χ3n) is 5.49. The second-order valence-corrected chi connectivity index (χ2v) is 7.89. The van der Waals surface area contributed by atoms with Crippen molar-refractivity contribution in [3.8, 4) is 17.0 Å². The van der Waals surface area contributed by atoms with E-state index in [1.54, 1.807) is 24.3 Å². The maximum atomic E-state index is 13.9. The predicted molar refractivity (Wildman–Crippen MR) is 111 cm³/mol. The Morgan fingerprint density at radius 1 is 1.17 bits per heavy atom. The third-order valence-corrected chi connectivity index (χ3v) is 5.49. The zero-order valence-corrected chi connectivity index (χ0v) is 16.8. The van der Waals surface area contributed by atoms with Gasteiger partial charge in [-0.1, -0.05) is 18.2 Å². The number of nitrogens with one attached hydrogen (secondary N) is 1. The Hall–Kier alpha value is -2.87. The van der Waals surface area contributed by atoms with Gasteiger partial charge in [-0.15, -0.1) is 10.2 Å². The van der Waals surface area contributed by atoms with Crippen LogP contribution in [0.5, 0.6) is 5.75 Å². The average Bonchev–Trinajstić information content (AvgIpc) is 2.68. The number of likely N-dealkylation sites (N-methyl/N-ethyl adjacent to an activating group) is 1. The number of benzene rings is 2. The van der Waals surface area contributed by atoms with Crippen LogP contribution in [-0.4, -0.2) is 46.4 Å². The molecule has 2 aromatic carbocycles. The monoisotopic (exact) mass is 416 g/mol. The maximum absolute atomic E-state index is 13.9. The number of hydrogen-bond donors (Lipinski definition) is 2. The van der Waals surface area contributed by atoms with E-state index in [-0.39, 0.29) is 28.7 Å². The van der Waals surface area contributed by atoms with Gasteiger partial charge in [-0.2, -0.15) is 13.2 Å². The van der Waals surface area contributed by atoms with Crippen molar-refractivity contribution in [3.05, 3.63) is 47.5 Å². The summed E-state index contributed by atoms with van der Waals surface area (Å²) in [5.41, 5.74) is 0.639. The van der Waals surface area contributed by atoms with E-state index in [1.165, 1.54) is 6.07 Å². The van der Waals surface area contributed by atoms with Crippen molar-refractivity contribution < 1.29 is 18.3 Å². The first-order valence-electron chi connectivity index (χ1n) is 9.85. The van der Waals surface area contributed by atoms with Crippen LogP contribution in [0.2, 0.25) is 0 Å². The van der Waals surface area contributed by atoms with Gasteiger partial charge in [0.1, 0.15) is 11.4 Å². The molecule has 1 atom stereocenters. The molecule has 1 aliphatic heterocycles. The highest BCUT2D eigenvalue weighted by atomic mass is 19.4. The predicted octanol–water partition coefficient (Wildman–Crippen LogP) is 4.84. The molecule has 0 spiro atoms. The molecule has 1 fully saturated rings. The van der Waals surface area contributed by atoms with Crippen molar-refractivity contribution in [3.63, 3.8) is 0 Å². The highest BCUT2D eigenvalue weighted by Crippen LogP contribution is 2.41. The van der Waals surface area contributed by atoms with Gasteiger partial charge in [-0.3, -0.25) is 0 Å². The number of nitrogens with zero attached hydrogens (tertiary/aromatic N) is 3. The number of aromatic hydroxyl groups is 1. The van der Waals surface area contributed by atoms with Crippen LogP contribution < -0.4 is 5.32 Å². The molecule has 2 heterocycles. The molecule has 1 aliphatic rings. The number of phenols is 1. The van der Waals surface area contributed by atoms with Gasteiger partial charge >= 0.3 is 6.18 Å². The molecule has 0 radical (unpaired) electrons. The Morgan fingerprint density at radius 3 is 2.67 bits per heavy atom. The summed E-state index contributed by atoms with van der Waals surface area (Å²) in [7, 11) is 1.99. The normalized spacial score (nSPS) is 18.0. The number of anilines is 1. The Balaban J connectivity index is 1.90. The van der Waals surface area contributed by atoms with Crippen molar-refractivity contribution >= 4 is 16.6 Å². The number of phenolic OH excluding ortho intramolecular Hbond substituents is 1. The number of piperidine rings is 1. The zero-order chi connectivity index (χ0) is 21.5. The van der Waals surface area contributed by atoms with Gasteiger partial charge in [0.05, 0.1) is 5.56 Å². The molecule has 3 aromatic rings. The van der Waals surface area contributed by atoms with E-state index in [4.69, 9.17) is 0 Å². The molecule has 158 valence electrons. The molecule has 2 N–H and O–H groups in total. The van der Waals surface area contributed by atoms with Crippen molar-refractivity contribution in [1.82, 2.24) is 15.1 Å². The average molecular weight is 416 g/mol. The lowest BCUT2D eigenvalue weighted by atomic mass is 9.98. The van der Waals surface area contributed by atoms with Crippen LogP contribution in [-0.2, 0) is 6.18 Å². The molecule has 4 rings (SSSR count). The summed E-state index contributed by atoms with van der Waals surface area (Å²) in [5, 5.41) is 22.2. The maximum Gasteiger partial charge on any atom is 0.417 e. The zero-order valence-electron chi connectivity index (χ0n) is 16.8. The molecule has 5 nitrogen and oxygen atoms in total. The Bertz CT molecular complexity index is 1080. The van der Waals surface area contributed by atoms with Crippen LogP contribution in [0.15, 0.2) is 36.4 Å². The van der Waals surface area contributed by atoms with Crippen LogP contribution in [0.4, 0.5) is 19.0 Å². The van der Waals surface area contributed by atoms with Crippen molar-refractivity contribution in [2.24, 2.45) is 0 Å².